The van der Waals surface area contributed by atoms with Gasteiger partial charge in [-0.25, -0.2) is 0 Å². The Balaban J connectivity index is 1.69. The molecular weight excluding hydrogens is 331 g/mol. The van der Waals surface area contributed by atoms with Crippen LogP contribution >= 0.6 is 8.58 Å². The molecular formula is C20H23N2O2P. The van der Waals surface area contributed by atoms with Crippen LogP contribution in [0.5, 0.6) is 0 Å². The summed E-state index contributed by atoms with van der Waals surface area (Å²) < 4.78 is 6.04. The lowest BCUT2D eigenvalue weighted by atomic mass is 10.1. The maximum Gasteiger partial charge on any atom is 0.193 e. The molecule has 0 N–H and O–H groups in total. The summed E-state index contributed by atoms with van der Waals surface area (Å²) in [6, 6.07) is 7.67. The Hall–Kier alpha value is -1.90. The Morgan fingerprint density at radius 1 is 1.12 bits per heavy atom. The van der Waals surface area contributed by atoms with Gasteiger partial charge in [-0.3, -0.25) is 4.79 Å². The van der Waals surface area contributed by atoms with Gasteiger partial charge in [0.25, 0.3) is 0 Å². The van der Waals surface area contributed by atoms with Crippen LogP contribution in [0.25, 0.3) is 16.5 Å². The van der Waals surface area contributed by atoms with E-state index in [0.717, 1.165) is 58.6 Å². The fourth-order valence-electron chi connectivity index (χ4n) is 3.43. The second-order valence-corrected chi connectivity index (χ2v) is 7.83. The van der Waals surface area contributed by atoms with Crippen LogP contribution in [0, 0.1) is 0 Å². The first kappa shape index (κ1) is 16.6. The molecule has 4 rings (SSSR count). The smallest absolute Gasteiger partial charge is 0.193 e. The number of rotatable bonds is 2. The molecule has 1 aromatic carbocycles. The Labute approximate surface area is 149 Å². The van der Waals surface area contributed by atoms with Crippen molar-refractivity contribution in [3.63, 3.8) is 0 Å². The van der Waals surface area contributed by atoms with Gasteiger partial charge < -0.3 is 14.2 Å². The summed E-state index contributed by atoms with van der Waals surface area (Å²) >= 11 is 0. The van der Waals surface area contributed by atoms with Gasteiger partial charge in [-0.05, 0) is 49.9 Å². The second-order valence-electron chi connectivity index (χ2n) is 6.73. The van der Waals surface area contributed by atoms with E-state index in [9.17, 15) is 4.79 Å². The summed E-state index contributed by atoms with van der Waals surface area (Å²) in [5.74, 6) is 2.87. The van der Waals surface area contributed by atoms with Crippen molar-refractivity contribution in [2.75, 3.05) is 44.3 Å². The molecule has 1 saturated heterocycles. The lowest BCUT2D eigenvalue weighted by Gasteiger charge is -2.23. The fraction of sp³-hybridized carbons (Fsp3) is 0.350. The predicted molar refractivity (Wildman–Crippen MR) is 107 cm³/mol. The molecule has 1 atom stereocenters. The molecule has 0 bridgehead atoms. The molecule has 0 spiro atoms. The third-order valence-corrected chi connectivity index (χ3v) is 5.93. The maximum absolute atomic E-state index is 12.7. The first-order valence-corrected chi connectivity index (χ1v) is 10.1. The van der Waals surface area contributed by atoms with E-state index in [2.05, 4.69) is 28.7 Å². The maximum atomic E-state index is 12.7. The first-order chi connectivity index (χ1) is 12.2. The number of hydrogen-bond donors (Lipinski definition) is 0. The van der Waals surface area contributed by atoms with E-state index in [1.54, 1.807) is 6.07 Å². The largest absolute Gasteiger partial charge is 0.456 e. The molecule has 0 aliphatic carbocycles. The molecule has 2 aliphatic rings. The van der Waals surface area contributed by atoms with Crippen molar-refractivity contribution < 1.29 is 4.42 Å². The zero-order valence-electron chi connectivity index (χ0n) is 14.5. The van der Waals surface area contributed by atoms with Crippen LogP contribution in [0.15, 0.2) is 51.4 Å². The lowest BCUT2D eigenvalue weighted by molar-refractivity contribution is 0.360. The van der Waals surface area contributed by atoms with Gasteiger partial charge in [-0.15, -0.1) is 0 Å². The van der Waals surface area contributed by atoms with E-state index in [0.29, 0.717) is 16.7 Å². The predicted octanol–water partition coefficient (Wildman–Crippen LogP) is 3.52. The van der Waals surface area contributed by atoms with Crippen molar-refractivity contribution in [3.05, 3.63) is 58.2 Å². The van der Waals surface area contributed by atoms with Crippen molar-refractivity contribution in [2.45, 2.75) is 6.42 Å². The minimum Gasteiger partial charge on any atom is -0.456 e. The summed E-state index contributed by atoms with van der Waals surface area (Å²) in [5, 5.41) is 0.674. The minimum absolute atomic E-state index is 0.0452. The number of likely N-dealkylation sites (N-methyl/N-ethyl adjacent to an activating group) is 1. The molecule has 0 saturated carbocycles. The molecule has 3 heterocycles. The van der Waals surface area contributed by atoms with E-state index in [1.807, 2.05) is 24.3 Å². The van der Waals surface area contributed by atoms with Crippen LogP contribution in [0.3, 0.4) is 0 Å². The summed E-state index contributed by atoms with van der Waals surface area (Å²) in [6.07, 6.45) is 6.18. The minimum atomic E-state index is 0.0452. The number of benzene rings is 1. The summed E-state index contributed by atoms with van der Waals surface area (Å²) in [7, 11) is 2.92. The van der Waals surface area contributed by atoms with Gasteiger partial charge in [0.15, 0.2) is 5.43 Å². The van der Waals surface area contributed by atoms with Crippen LogP contribution in [0.2, 0.25) is 0 Å². The number of nitrogens with zero attached hydrogens (tertiary/aromatic N) is 2. The van der Waals surface area contributed by atoms with Gasteiger partial charge in [0.1, 0.15) is 11.3 Å². The lowest BCUT2D eigenvalue weighted by Crippen LogP contribution is -2.28. The highest BCUT2D eigenvalue weighted by Crippen LogP contribution is 2.30. The Kier molecular flexibility index (Phi) is 4.74. The normalized spacial score (nSPS) is 20.0. The molecule has 0 radical (unpaired) electrons. The number of anilines is 1. The molecule has 2 aromatic rings. The van der Waals surface area contributed by atoms with Gasteiger partial charge in [0, 0.05) is 31.4 Å². The van der Waals surface area contributed by atoms with Gasteiger partial charge in [-0.2, -0.15) is 0 Å². The average molecular weight is 354 g/mol. The fourth-order valence-corrected chi connectivity index (χ4v) is 4.30. The SMILES string of the molecule is CN1CCCN(c2ccc3oc(C4=CC=CPC4)cc(=O)c3c2)CC1. The summed E-state index contributed by atoms with van der Waals surface area (Å²) in [4.78, 5) is 17.4. The van der Waals surface area contributed by atoms with Crippen molar-refractivity contribution in [1.82, 2.24) is 4.90 Å². The molecule has 5 heteroatoms. The molecule has 1 fully saturated rings. The van der Waals surface area contributed by atoms with Crippen LogP contribution in [-0.2, 0) is 0 Å². The van der Waals surface area contributed by atoms with Crippen molar-refractivity contribution in [3.8, 4) is 0 Å². The van der Waals surface area contributed by atoms with E-state index in [1.165, 1.54) is 0 Å². The average Bonchev–Trinajstić information content (AvgIpc) is 2.87. The molecule has 0 amide bonds. The zero-order chi connectivity index (χ0) is 17.2. The van der Waals surface area contributed by atoms with E-state index >= 15 is 0 Å². The summed E-state index contributed by atoms with van der Waals surface area (Å²) in [6.45, 7) is 4.19. The standard InChI is InChI=1S/C20H23N2O2P/c1-21-7-3-8-22(10-9-21)16-5-6-19-17(12-16)18(23)13-20(24-19)15-4-2-11-25-14-15/h2,4-6,11-13,25H,3,7-10,14H2,1H3. The van der Waals surface area contributed by atoms with E-state index in [-0.39, 0.29) is 5.43 Å². The van der Waals surface area contributed by atoms with E-state index < -0.39 is 0 Å². The van der Waals surface area contributed by atoms with Crippen molar-refractivity contribution in [2.24, 2.45) is 0 Å². The Morgan fingerprint density at radius 2 is 2.04 bits per heavy atom. The van der Waals surface area contributed by atoms with Crippen LogP contribution in [-0.4, -0.2) is 44.3 Å². The second kappa shape index (κ2) is 7.15. The highest BCUT2D eigenvalue weighted by atomic mass is 31.1. The van der Waals surface area contributed by atoms with Gasteiger partial charge in [-0.1, -0.05) is 26.5 Å². The van der Waals surface area contributed by atoms with Crippen LogP contribution in [0.1, 0.15) is 12.2 Å². The highest BCUT2D eigenvalue weighted by molar-refractivity contribution is 7.42. The van der Waals surface area contributed by atoms with Gasteiger partial charge >= 0.3 is 0 Å². The number of fused-ring (bicyclic) bond motifs is 1. The third-order valence-electron chi connectivity index (χ3n) is 4.92. The topological polar surface area (TPSA) is 36.7 Å². The van der Waals surface area contributed by atoms with Crippen LogP contribution in [0.4, 0.5) is 5.69 Å². The first-order valence-electron chi connectivity index (χ1n) is 8.81. The number of allylic oxidation sites excluding steroid dienone is 3. The molecule has 2 aliphatic heterocycles. The highest BCUT2D eigenvalue weighted by Gasteiger charge is 2.15. The monoisotopic (exact) mass is 354 g/mol. The quantitative estimate of drug-likeness (QED) is 0.773. The molecule has 130 valence electrons. The summed E-state index contributed by atoms with van der Waals surface area (Å²) in [5.41, 5.74) is 2.95. The van der Waals surface area contributed by atoms with Crippen molar-refractivity contribution in [1.29, 1.82) is 0 Å². The zero-order valence-corrected chi connectivity index (χ0v) is 15.5. The van der Waals surface area contributed by atoms with Crippen LogP contribution < -0.4 is 10.3 Å². The molecule has 1 unspecified atom stereocenters. The van der Waals surface area contributed by atoms with Gasteiger partial charge in [0.2, 0.25) is 0 Å². The van der Waals surface area contributed by atoms with Gasteiger partial charge in [0.05, 0.1) is 5.39 Å². The van der Waals surface area contributed by atoms with E-state index in [4.69, 9.17) is 4.42 Å². The third kappa shape index (κ3) is 3.56. The Bertz CT molecular complexity index is 900. The van der Waals surface area contributed by atoms with Crippen molar-refractivity contribution >= 4 is 30.8 Å². The number of hydrogen-bond acceptors (Lipinski definition) is 4. The molecule has 4 nitrogen and oxygen atoms in total. The molecule has 1 aromatic heterocycles. The molecule has 25 heavy (non-hydrogen) atoms. The Morgan fingerprint density at radius 3 is 2.88 bits per heavy atom.